The SMILES string of the molecule is CNc1ccc(C2CCCC(COc3ccc(C(F)(F)F)cc3)C2C(=O)O)cc1. The van der Waals surface area contributed by atoms with Crippen LogP contribution >= 0.6 is 0 Å². The topological polar surface area (TPSA) is 58.6 Å². The summed E-state index contributed by atoms with van der Waals surface area (Å²) in [5, 5.41) is 12.9. The van der Waals surface area contributed by atoms with Gasteiger partial charge in [0.1, 0.15) is 5.75 Å². The number of hydrogen-bond donors (Lipinski definition) is 2. The molecule has 0 spiro atoms. The Kier molecular flexibility index (Phi) is 6.35. The van der Waals surface area contributed by atoms with Gasteiger partial charge in [0.05, 0.1) is 18.1 Å². The number of halogens is 3. The van der Waals surface area contributed by atoms with Gasteiger partial charge in [-0.3, -0.25) is 4.79 Å². The lowest BCUT2D eigenvalue weighted by atomic mass is 9.69. The van der Waals surface area contributed by atoms with Gasteiger partial charge in [-0.1, -0.05) is 18.6 Å². The lowest BCUT2D eigenvalue weighted by Gasteiger charge is -2.35. The van der Waals surface area contributed by atoms with Crippen molar-refractivity contribution in [1.82, 2.24) is 0 Å². The molecule has 29 heavy (non-hydrogen) atoms. The second-order valence-corrected chi connectivity index (χ2v) is 7.37. The smallest absolute Gasteiger partial charge is 0.416 e. The van der Waals surface area contributed by atoms with Gasteiger partial charge < -0.3 is 15.2 Å². The highest BCUT2D eigenvalue weighted by Gasteiger charge is 2.39. The average molecular weight is 407 g/mol. The third-order valence-corrected chi connectivity index (χ3v) is 5.59. The lowest BCUT2D eigenvalue weighted by Crippen LogP contribution is -2.36. The van der Waals surface area contributed by atoms with E-state index in [1.807, 2.05) is 31.3 Å². The van der Waals surface area contributed by atoms with Crippen LogP contribution in [0, 0.1) is 11.8 Å². The Bertz CT molecular complexity index is 819. The minimum absolute atomic E-state index is 0.117. The molecule has 2 N–H and O–H groups in total. The molecular formula is C22H24F3NO3. The van der Waals surface area contributed by atoms with Crippen LogP contribution in [0.5, 0.6) is 5.75 Å². The molecule has 0 saturated heterocycles. The molecule has 0 aromatic heterocycles. The van der Waals surface area contributed by atoms with Crippen LogP contribution in [-0.2, 0) is 11.0 Å². The number of carboxylic acids is 1. The Morgan fingerprint density at radius 1 is 1.10 bits per heavy atom. The van der Waals surface area contributed by atoms with Crippen molar-refractivity contribution in [3.05, 3.63) is 59.7 Å². The Balaban J connectivity index is 1.71. The van der Waals surface area contributed by atoms with E-state index in [2.05, 4.69) is 5.32 Å². The normalized spacial score (nSPS) is 22.1. The van der Waals surface area contributed by atoms with Crippen LogP contribution in [0.4, 0.5) is 18.9 Å². The third-order valence-electron chi connectivity index (χ3n) is 5.59. The van der Waals surface area contributed by atoms with E-state index >= 15 is 0 Å². The molecule has 1 aliphatic rings. The van der Waals surface area contributed by atoms with Crippen LogP contribution in [0.15, 0.2) is 48.5 Å². The molecule has 4 nitrogen and oxygen atoms in total. The number of rotatable bonds is 6. The van der Waals surface area contributed by atoms with Crippen LogP contribution in [0.3, 0.4) is 0 Å². The van der Waals surface area contributed by atoms with E-state index in [0.717, 1.165) is 36.2 Å². The molecule has 1 saturated carbocycles. The number of anilines is 1. The highest BCUT2D eigenvalue weighted by molar-refractivity contribution is 5.72. The number of carboxylic acid groups (broad SMARTS) is 1. The Morgan fingerprint density at radius 3 is 2.31 bits per heavy atom. The van der Waals surface area contributed by atoms with Crippen molar-refractivity contribution in [2.24, 2.45) is 11.8 Å². The zero-order valence-corrected chi connectivity index (χ0v) is 16.1. The summed E-state index contributed by atoms with van der Waals surface area (Å²) < 4.78 is 43.7. The molecule has 0 aliphatic heterocycles. The van der Waals surface area contributed by atoms with Gasteiger partial charge in [-0.2, -0.15) is 13.2 Å². The Morgan fingerprint density at radius 2 is 1.76 bits per heavy atom. The zero-order chi connectivity index (χ0) is 21.0. The maximum Gasteiger partial charge on any atom is 0.416 e. The first-order valence-electron chi connectivity index (χ1n) is 9.60. The van der Waals surface area contributed by atoms with Gasteiger partial charge in [0.25, 0.3) is 0 Å². The fraction of sp³-hybridized carbons (Fsp3) is 0.409. The Hall–Kier alpha value is -2.70. The predicted octanol–water partition coefficient (Wildman–Crippen LogP) is 5.41. The summed E-state index contributed by atoms with van der Waals surface area (Å²) in [6, 6.07) is 12.2. The van der Waals surface area contributed by atoms with Crippen LogP contribution in [-0.4, -0.2) is 24.7 Å². The van der Waals surface area contributed by atoms with Gasteiger partial charge in [-0.05, 0) is 60.7 Å². The van der Waals surface area contributed by atoms with E-state index in [-0.39, 0.29) is 18.4 Å². The minimum Gasteiger partial charge on any atom is -0.493 e. The fourth-order valence-electron chi connectivity index (χ4n) is 4.06. The average Bonchev–Trinajstić information content (AvgIpc) is 2.71. The molecule has 1 aliphatic carbocycles. The maximum atomic E-state index is 12.7. The summed E-state index contributed by atoms with van der Waals surface area (Å²) in [5.41, 5.74) is 1.20. The van der Waals surface area contributed by atoms with E-state index in [4.69, 9.17) is 4.74 Å². The fourth-order valence-corrected chi connectivity index (χ4v) is 4.06. The minimum atomic E-state index is -4.40. The van der Waals surface area contributed by atoms with Gasteiger partial charge in [0.15, 0.2) is 0 Å². The summed E-state index contributed by atoms with van der Waals surface area (Å²) in [5.74, 6) is -1.49. The summed E-state index contributed by atoms with van der Waals surface area (Å²) >= 11 is 0. The first-order valence-corrected chi connectivity index (χ1v) is 9.60. The molecule has 0 heterocycles. The van der Waals surface area contributed by atoms with Crippen LogP contribution in [0.1, 0.15) is 36.3 Å². The molecule has 3 rings (SSSR count). The molecule has 156 valence electrons. The highest BCUT2D eigenvalue weighted by atomic mass is 19.4. The van der Waals surface area contributed by atoms with E-state index < -0.39 is 23.6 Å². The second-order valence-electron chi connectivity index (χ2n) is 7.37. The number of ether oxygens (including phenoxy) is 1. The van der Waals surface area contributed by atoms with E-state index in [1.54, 1.807) is 0 Å². The molecule has 0 radical (unpaired) electrons. The summed E-state index contributed by atoms with van der Waals surface area (Å²) in [7, 11) is 1.82. The van der Waals surface area contributed by atoms with Crippen molar-refractivity contribution < 1.29 is 27.8 Å². The predicted molar refractivity (Wildman–Crippen MR) is 104 cm³/mol. The van der Waals surface area contributed by atoms with Gasteiger partial charge in [-0.15, -0.1) is 0 Å². The van der Waals surface area contributed by atoms with Gasteiger partial charge in [0.2, 0.25) is 0 Å². The second kappa shape index (κ2) is 8.76. The first kappa shape index (κ1) is 21.0. The molecule has 3 atom stereocenters. The third kappa shape index (κ3) is 5.02. The number of benzene rings is 2. The molecule has 2 aromatic rings. The first-order chi connectivity index (χ1) is 13.8. The zero-order valence-electron chi connectivity index (χ0n) is 16.1. The molecule has 2 aromatic carbocycles. The maximum absolute atomic E-state index is 12.7. The van der Waals surface area contributed by atoms with Crippen LogP contribution < -0.4 is 10.1 Å². The molecular weight excluding hydrogens is 383 g/mol. The van der Waals surface area contributed by atoms with E-state index in [9.17, 15) is 23.1 Å². The largest absolute Gasteiger partial charge is 0.493 e. The van der Waals surface area contributed by atoms with Crippen molar-refractivity contribution >= 4 is 11.7 Å². The van der Waals surface area contributed by atoms with Crippen molar-refractivity contribution in [1.29, 1.82) is 0 Å². The Labute approximate surface area is 167 Å². The number of carbonyl (C=O) groups is 1. The lowest BCUT2D eigenvalue weighted by molar-refractivity contribution is -0.146. The highest BCUT2D eigenvalue weighted by Crippen LogP contribution is 2.42. The standard InChI is InChI=1S/C22H24F3NO3/c1-26-17-9-5-14(6-10-17)19-4-2-3-15(20(19)21(27)28)13-29-18-11-7-16(8-12-18)22(23,24)25/h5-12,15,19-20,26H,2-4,13H2,1H3,(H,27,28). The number of aliphatic carboxylic acids is 1. The number of nitrogens with one attached hydrogen (secondary N) is 1. The van der Waals surface area contributed by atoms with Gasteiger partial charge in [-0.25, -0.2) is 0 Å². The molecule has 1 fully saturated rings. The number of alkyl halides is 3. The summed E-state index contributed by atoms with van der Waals surface area (Å²) in [6.45, 7) is 0.160. The number of hydrogen-bond acceptors (Lipinski definition) is 3. The van der Waals surface area contributed by atoms with E-state index in [0.29, 0.717) is 12.2 Å². The summed E-state index contributed by atoms with van der Waals surface area (Å²) in [6.07, 6.45) is -2.02. The monoisotopic (exact) mass is 407 g/mol. The quantitative estimate of drug-likeness (QED) is 0.672. The molecule has 3 unspecified atom stereocenters. The van der Waals surface area contributed by atoms with Crippen molar-refractivity contribution in [3.8, 4) is 5.75 Å². The van der Waals surface area contributed by atoms with Crippen molar-refractivity contribution in [2.75, 3.05) is 19.0 Å². The van der Waals surface area contributed by atoms with Crippen LogP contribution in [0.25, 0.3) is 0 Å². The molecule has 0 bridgehead atoms. The van der Waals surface area contributed by atoms with Gasteiger partial charge in [0, 0.05) is 18.7 Å². The van der Waals surface area contributed by atoms with Crippen LogP contribution in [0.2, 0.25) is 0 Å². The van der Waals surface area contributed by atoms with Crippen molar-refractivity contribution in [2.45, 2.75) is 31.4 Å². The summed E-state index contributed by atoms with van der Waals surface area (Å²) in [4.78, 5) is 12.0. The molecule has 0 amide bonds. The van der Waals surface area contributed by atoms with E-state index in [1.165, 1.54) is 12.1 Å². The van der Waals surface area contributed by atoms with Gasteiger partial charge >= 0.3 is 12.1 Å². The molecule has 7 heteroatoms. The van der Waals surface area contributed by atoms with Crippen molar-refractivity contribution in [3.63, 3.8) is 0 Å².